The van der Waals surface area contributed by atoms with Crippen molar-refractivity contribution >= 4 is 23.3 Å². The molecule has 1 heterocycles. The predicted molar refractivity (Wildman–Crippen MR) is 88.3 cm³/mol. The normalized spacial score (nSPS) is 15.1. The van der Waals surface area contributed by atoms with Gasteiger partial charge < -0.3 is 15.3 Å². The number of piperidine rings is 1. The molecule has 0 aromatic heterocycles. The third kappa shape index (κ3) is 4.43. The van der Waals surface area contributed by atoms with E-state index in [4.69, 9.17) is 5.11 Å². The summed E-state index contributed by atoms with van der Waals surface area (Å²) in [5, 5.41) is 22.4. The number of nitro groups is 1. The summed E-state index contributed by atoms with van der Waals surface area (Å²) in [5.41, 5.74) is 0.575. The second kappa shape index (κ2) is 7.76. The first-order chi connectivity index (χ1) is 11.4. The quantitative estimate of drug-likeness (QED) is 0.607. The summed E-state index contributed by atoms with van der Waals surface area (Å²) in [6.07, 6.45) is 1.76. The summed E-state index contributed by atoms with van der Waals surface area (Å²) in [6.45, 7) is 3.66. The van der Waals surface area contributed by atoms with Crippen LogP contribution >= 0.6 is 0 Å². The van der Waals surface area contributed by atoms with Crippen molar-refractivity contribution in [2.45, 2.75) is 26.2 Å². The number of anilines is 1. The molecule has 0 saturated carbocycles. The fraction of sp³-hybridized carbons (Fsp3) is 0.500. The summed E-state index contributed by atoms with van der Waals surface area (Å²) >= 11 is 0. The molecule has 1 aliphatic rings. The number of carboxylic acid groups (broad SMARTS) is 1. The lowest BCUT2D eigenvalue weighted by molar-refractivity contribution is -0.384. The Kier molecular flexibility index (Phi) is 5.73. The molecule has 1 aromatic carbocycles. The monoisotopic (exact) mass is 335 g/mol. The molecule has 0 atom stereocenters. The van der Waals surface area contributed by atoms with Crippen molar-refractivity contribution in [1.82, 2.24) is 5.32 Å². The van der Waals surface area contributed by atoms with Crippen molar-refractivity contribution in [2.75, 3.05) is 24.5 Å². The van der Waals surface area contributed by atoms with Gasteiger partial charge in [0.15, 0.2) is 0 Å². The highest BCUT2D eigenvalue weighted by atomic mass is 16.6. The lowest BCUT2D eigenvalue weighted by Gasteiger charge is -2.31. The largest absolute Gasteiger partial charge is 0.481 e. The number of carbonyl (C=O) groups is 2. The zero-order valence-corrected chi connectivity index (χ0v) is 13.5. The maximum absolute atomic E-state index is 12.0. The van der Waals surface area contributed by atoms with E-state index in [0.717, 1.165) is 25.9 Å². The summed E-state index contributed by atoms with van der Waals surface area (Å²) in [6, 6.07) is 4.39. The third-order valence-corrected chi connectivity index (χ3v) is 4.18. The number of hydrogen-bond donors (Lipinski definition) is 2. The Bertz CT molecular complexity index is 639. The van der Waals surface area contributed by atoms with Gasteiger partial charge in [0.1, 0.15) is 5.69 Å². The van der Waals surface area contributed by atoms with E-state index in [2.05, 4.69) is 12.2 Å². The zero-order valence-electron chi connectivity index (χ0n) is 13.5. The van der Waals surface area contributed by atoms with Crippen LogP contribution in [-0.4, -0.2) is 41.5 Å². The predicted octanol–water partition coefficient (Wildman–Crippen LogP) is 2.04. The van der Waals surface area contributed by atoms with Gasteiger partial charge in [0.2, 0.25) is 0 Å². The number of aliphatic carboxylic acids is 1. The second-order valence-corrected chi connectivity index (χ2v) is 6.03. The highest BCUT2D eigenvalue weighted by Gasteiger charge is 2.24. The van der Waals surface area contributed by atoms with Gasteiger partial charge >= 0.3 is 5.97 Å². The van der Waals surface area contributed by atoms with E-state index < -0.39 is 16.8 Å². The van der Waals surface area contributed by atoms with Crippen LogP contribution in [0.3, 0.4) is 0 Å². The van der Waals surface area contributed by atoms with E-state index in [1.165, 1.54) is 12.1 Å². The van der Waals surface area contributed by atoms with Crippen molar-refractivity contribution in [3.8, 4) is 0 Å². The van der Waals surface area contributed by atoms with Crippen LogP contribution in [0, 0.1) is 16.0 Å². The molecule has 1 aromatic rings. The molecule has 0 aliphatic carbocycles. The van der Waals surface area contributed by atoms with Gasteiger partial charge in [-0.1, -0.05) is 6.92 Å². The number of hydrogen-bond acceptors (Lipinski definition) is 5. The highest BCUT2D eigenvalue weighted by Crippen LogP contribution is 2.32. The standard InChI is InChI=1S/C16H21N3O5/c1-11-5-8-18(9-6-11)13-3-2-12(10-14(13)19(23)24)16(22)17-7-4-15(20)21/h2-3,10-11H,4-9H2,1H3,(H,17,22)(H,20,21). The number of nitrogens with zero attached hydrogens (tertiary/aromatic N) is 2. The van der Waals surface area contributed by atoms with Crippen LogP contribution in [0.1, 0.15) is 36.5 Å². The van der Waals surface area contributed by atoms with Crippen LogP contribution < -0.4 is 10.2 Å². The molecule has 0 radical (unpaired) electrons. The van der Waals surface area contributed by atoms with Gasteiger partial charge in [-0.2, -0.15) is 0 Å². The lowest BCUT2D eigenvalue weighted by Crippen LogP contribution is -2.33. The Hall–Kier alpha value is -2.64. The molecule has 8 heteroatoms. The number of nitrogens with one attached hydrogen (secondary N) is 1. The highest BCUT2D eigenvalue weighted by molar-refractivity contribution is 5.96. The van der Waals surface area contributed by atoms with Crippen LogP contribution in [0.5, 0.6) is 0 Å². The fourth-order valence-electron chi connectivity index (χ4n) is 2.71. The van der Waals surface area contributed by atoms with Crippen LogP contribution in [0.2, 0.25) is 0 Å². The number of benzene rings is 1. The second-order valence-electron chi connectivity index (χ2n) is 6.03. The maximum Gasteiger partial charge on any atom is 0.305 e. The van der Waals surface area contributed by atoms with E-state index in [-0.39, 0.29) is 24.2 Å². The van der Waals surface area contributed by atoms with Gasteiger partial charge in [-0.25, -0.2) is 0 Å². The van der Waals surface area contributed by atoms with Crippen molar-refractivity contribution in [2.24, 2.45) is 5.92 Å². The number of nitro benzene ring substituents is 1. The Balaban J connectivity index is 2.15. The molecular weight excluding hydrogens is 314 g/mol. The van der Waals surface area contributed by atoms with E-state index in [1.807, 2.05) is 4.90 Å². The zero-order chi connectivity index (χ0) is 17.7. The molecule has 0 unspecified atom stereocenters. The summed E-state index contributed by atoms with van der Waals surface area (Å²) < 4.78 is 0. The number of amides is 1. The number of rotatable bonds is 6. The summed E-state index contributed by atoms with van der Waals surface area (Å²) in [4.78, 5) is 35.3. The molecule has 0 bridgehead atoms. The lowest BCUT2D eigenvalue weighted by atomic mass is 9.98. The maximum atomic E-state index is 12.0. The molecule has 1 amide bonds. The van der Waals surface area contributed by atoms with Crippen LogP contribution in [0.15, 0.2) is 18.2 Å². The van der Waals surface area contributed by atoms with E-state index in [0.29, 0.717) is 11.6 Å². The van der Waals surface area contributed by atoms with Crippen LogP contribution in [-0.2, 0) is 4.79 Å². The molecule has 24 heavy (non-hydrogen) atoms. The molecule has 1 fully saturated rings. The Morgan fingerprint density at radius 1 is 1.38 bits per heavy atom. The minimum Gasteiger partial charge on any atom is -0.481 e. The fourth-order valence-corrected chi connectivity index (χ4v) is 2.71. The smallest absolute Gasteiger partial charge is 0.305 e. The minimum absolute atomic E-state index is 0.0201. The van der Waals surface area contributed by atoms with Crippen LogP contribution in [0.25, 0.3) is 0 Å². The molecule has 8 nitrogen and oxygen atoms in total. The number of carbonyl (C=O) groups excluding carboxylic acids is 1. The molecule has 130 valence electrons. The Labute approximate surface area is 139 Å². The average Bonchev–Trinajstić information content (AvgIpc) is 2.54. The van der Waals surface area contributed by atoms with E-state index >= 15 is 0 Å². The van der Waals surface area contributed by atoms with Crippen molar-refractivity contribution < 1.29 is 19.6 Å². The summed E-state index contributed by atoms with van der Waals surface area (Å²) in [7, 11) is 0. The first kappa shape index (κ1) is 17.7. The van der Waals surface area contributed by atoms with E-state index in [9.17, 15) is 19.7 Å². The average molecular weight is 335 g/mol. The van der Waals surface area contributed by atoms with Crippen LogP contribution in [0.4, 0.5) is 11.4 Å². The Morgan fingerprint density at radius 3 is 2.62 bits per heavy atom. The van der Waals surface area contributed by atoms with Gasteiger partial charge in [0.25, 0.3) is 11.6 Å². The van der Waals surface area contributed by atoms with Crippen molar-refractivity contribution in [3.05, 3.63) is 33.9 Å². The van der Waals surface area contributed by atoms with Crippen molar-refractivity contribution in [1.29, 1.82) is 0 Å². The van der Waals surface area contributed by atoms with Gasteiger partial charge in [-0.05, 0) is 30.9 Å². The number of carboxylic acids is 1. The topological polar surface area (TPSA) is 113 Å². The van der Waals surface area contributed by atoms with E-state index in [1.54, 1.807) is 6.07 Å². The van der Waals surface area contributed by atoms with Gasteiger partial charge in [-0.15, -0.1) is 0 Å². The minimum atomic E-state index is -1.02. The first-order valence-electron chi connectivity index (χ1n) is 7.92. The van der Waals surface area contributed by atoms with Crippen molar-refractivity contribution in [3.63, 3.8) is 0 Å². The molecule has 2 rings (SSSR count). The van der Waals surface area contributed by atoms with Gasteiger partial charge in [0.05, 0.1) is 11.3 Å². The molecule has 0 spiro atoms. The van der Waals surface area contributed by atoms with Gasteiger partial charge in [-0.3, -0.25) is 19.7 Å². The summed E-state index contributed by atoms with van der Waals surface area (Å²) in [5.74, 6) is -0.922. The third-order valence-electron chi connectivity index (χ3n) is 4.18. The molecule has 2 N–H and O–H groups in total. The molecule has 1 aliphatic heterocycles. The SMILES string of the molecule is CC1CCN(c2ccc(C(=O)NCCC(=O)O)cc2[N+](=O)[O-])CC1. The van der Waals surface area contributed by atoms with Gasteiger partial charge in [0, 0.05) is 31.3 Å². The first-order valence-corrected chi connectivity index (χ1v) is 7.92. The molecule has 1 saturated heterocycles. The molecular formula is C16H21N3O5. The Morgan fingerprint density at radius 2 is 2.04 bits per heavy atom.